The molecule has 34 heavy (non-hydrogen) atoms. The number of anilines is 1. The third-order valence-corrected chi connectivity index (χ3v) is 6.06. The van der Waals surface area contributed by atoms with E-state index in [0.29, 0.717) is 26.8 Å². The summed E-state index contributed by atoms with van der Waals surface area (Å²) in [7, 11) is 1.55. The van der Waals surface area contributed by atoms with Crippen LogP contribution >= 0.6 is 22.9 Å². The number of benzene rings is 2. The quantitative estimate of drug-likeness (QED) is 0.378. The van der Waals surface area contributed by atoms with Crippen molar-refractivity contribution in [2.45, 2.75) is 13.3 Å². The number of halogens is 1. The Labute approximate surface area is 203 Å². The van der Waals surface area contributed by atoms with Crippen molar-refractivity contribution in [3.63, 3.8) is 0 Å². The van der Waals surface area contributed by atoms with Gasteiger partial charge >= 0.3 is 5.97 Å². The molecule has 0 radical (unpaired) electrons. The summed E-state index contributed by atoms with van der Waals surface area (Å²) in [5.41, 5.74) is 0.608. The predicted octanol–water partition coefficient (Wildman–Crippen LogP) is 4.47. The van der Waals surface area contributed by atoms with E-state index in [1.165, 1.54) is 0 Å². The fraction of sp³-hybridized carbons (Fsp3) is 0.167. The molecular formula is C24H20ClN3O5S. The van der Waals surface area contributed by atoms with Crippen molar-refractivity contribution in [2.75, 3.05) is 19.0 Å². The molecule has 0 atom stereocenters. The minimum atomic E-state index is -0.671. The number of methoxy groups -OCH3 is 1. The van der Waals surface area contributed by atoms with Crippen molar-refractivity contribution >= 4 is 50.6 Å². The average Bonchev–Trinajstić information content (AvgIpc) is 3.23. The van der Waals surface area contributed by atoms with Gasteiger partial charge in [-0.05, 0) is 42.8 Å². The number of thiophene rings is 1. The van der Waals surface area contributed by atoms with Gasteiger partial charge in [0, 0.05) is 15.8 Å². The van der Waals surface area contributed by atoms with E-state index >= 15 is 0 Å². The Hall–Kier alpha value is -3.69. The van der Waals surface area contributed by atoms with Crippen molar-refractivity contribution in [1.29, 1.82) is 0 Å². The third kappa shape index (κ3) is 4.80. The second-order valence-electron chi connectivity index (χ2n) is 7.20. The molecule has 0 aliphatic heterocycles. The molecule has 0 spiro atoms. The molecule has 0 aliphatic carbocycles. The predicted molar refractivity (Wildman–Crippen MR) is 132 cm³/mol. The Balaban J connectivity index is 1.78. The van der Waals surface area contributed by atoms with Gasteiger partial charge in [0.2, 0.25) is 5.91 Å². The lowest BCUT2D eigenvalue weighted by atomic mass is 10.1. The molecule has 0 unspecified atom stereocenters. The molecule has 4 aromatic rings. The van der Waals surface area contributed by atoms with Crippen LogP contribution in [0.4, 0.5) is 5.00 Å². The Morgan fingerprint density at radius 3 is 2.71 bits per heavy atom. The van der Waals surface area contributed by atoms with Crippen LogP contribution in [0.3, 0.4) is 0 Å². The van der Waals surface area contributed by atoms with E-state index in [1.807, 2.05) is 6.07 Å². The van der Waals surface area contributed by atoms with Gasteiger partial charge in [0.05, 0.1) is 31.2 Å². The number of carbonyl (C=O) groups is 2. The first kappa shape index (κ1) is 23.5. The lowest BCUT2D eigenvalue weighted by molar-refractivity contribution is -0.115. The highest BCUT2D eigenvalue weighted by Gasteiger charge is 2.23. The molecule has 174 valence electrons. The zero-order valence-electron chi connectivity index (χ0n) is 18.3. The van der Waals surface area contributed by atoms with E-state index < -0.39 is 11.5 Å². The van der Waals surface area contributed by atoms with Crippen LogP contribution in [0.1, 0.15) is 23.0 Å². The van der Waals surface area contributed by atoms with Crippen molar-refractivity contribution in [2.24, 2.45) is 0 Å². The summed E-state index contributed by atoms with van der Waals surface area (Å²) in [6, 6.07) is 13.7. The van der Waals surface area contributed by atoms with Crippen LogP contribution in [0.15, 0.2) is 58.7 Å². The second-order valence-corrected chi connectivity index (χ2v) is 8.51. The van der Waals surface area contributed by atoms with E-state index in [4.69, 9.17) is 21.1 Å². The fourth-order valence-electron chi connectivity index (χ4n) is 3.41. The Morgan fingerprint density at radius 1 is 1.18 bits per heavy atom. The van der Waals surface area contributed by atoms with Crippen molar-refractivity contribution in [1.82, 2.24) is 9.78 Å². The maximum atomic E-state index is 13.4. The lowest BCUT2D eigenvalue weighted by Gasteiger charge is -2.10. The first-order valence-electron chi connectivity index (χ1n) is 10.3. The largest absolute Gasteiger partial charge is 0.497 e. The molecule has 0 aliphatic rings. The van der Waals surface area contributed by atoms with E-state index in [9.17, 15) is 14.4 Å². The van der Waals surface area contributed by atoms with Gasteiger partial charge in [-0.2, -0.15) is 9.78 Å². The average molecular weight is 498 g/mol. The summed E-state index contributed by atoms with van der Waals surface area (Å²) >= 11 is 7.23. The van der Waals surface area contributed by atoms with E-state index in [1.54, 1.807) is 61.9 Å². The molecule has 8 nitrogen and oxygen atoms in total. The van der Waals surface area contributed by atoms with Crippen LogP contribution in [0.2, 0.25) is 5.02 Å². The maximum Gasteiger partial charge on any atom is 0.359 e. The van der Waals surface area contributed by atoms with Gasteiger partial charge in [0.1, 0.15) is 10.8 Å². The fourth-order valence-corrected chi connectivity index (χ4v) is 4.55. The number of aromatic nitrogens is 2. The number of amides is 1. The second kappa shape index (κ2) is 10.1. The molecule has 2 aromatic heterocycles. The number of carbonyl (C=O) groups excluding carboxylic acids is 2. The standard InChI is InChI=1S/C24H20ClN3O5S/c1-3-33-24(31)21-18-13-34-22(26-19(29)11-14-6-4-9-17(10-14)32-2)20(18)23(30)28(27-21)16-8-5-7-15(25)12-16/h4-10,12-13H,3,11H2,1-2H3,(H,26,29). The highest BCUT2D eigenvalue weighted by Crippen LogP contribution is 2.31. The van der Waals surface area contributed by atoms with Gasteiger partial charge in [-0.1, -0.05) is 29.8 Å². The van der Waals surface area contributed by atoms with Crippen LogP contribution in [0.5, 0.6) is 5.75 Å². The maximum absolute atomic E-state index is 13.4. The third-order valence-electron chi connectivity index (χ3n) is 4.93. The highest BCUT2D eigenvalue weighted by molar-refractivity contribution is 7.16. The SMILES string of the molecule is CCOC(=O)c1nn(-c2cccc(Cl)c2)c(=O)c2c(NC(=O)Cc3cccc(OC)c3)scc12. The van der Waals surface area contributed by atoms with Gasteiger partial charge in [0.15, 0.2) is 5.69 Å². The van der Waals surface area contributed by atoms with Gasteiger partial charge in [-0.3, -0.25) is 9.59 Å². The van der Waals surface area contributed by atoms with Crippen molar-refractivity contribution in [3.8, 4) is 11.4 Å². The first-order valence-corrected chi connectivity index (χ1v) is 11.6. The normalized spacial score (nSPS) is 10.8. The van der Waals surface area contributed by atoms with Crippen LogP contribution in [0.25, 0.3) is 16.5 Å². The molecule has 1 amide bonds. The number of rotatable bonds is 7. The molecule has 2 heterocycles. The minimum Gasteiger partial charge on any atom is -0.497 e. The molecule has 2 aromatic carbocycles. The van der Waals surface area contributed by atoms with E-state index in [-0.39, 0.29) is 30.0 Å². The topological polar surface area (TPSA) is 99.5 Å². The number of nitrogens with zero attached hydrogens (tertiary/aromatic N) is 2. The number of hydrogen-bond donors (Lipinski definition) is 1. The summed E-state index contributed by atoms with van der Waals surface area (Å²) in [5.74, 6) is -0.350. The molecule has 10 heteroatoms. The van der Waals surface area contributed by atoms with Crippen molar-refractivity contribution < 1.29 is 19.1 Å². The highest BCUT2D eigenvalue weighted by atomic mass is 35.5. The zero-order valence-corrected chi connectivity index (χ0v) is 19.9. The van der Waals surface area contributed by atoms with Crippen LogP contribution in [-0.4, -0.2) is 35.4 Å². The molecule has 0 bridgehead atoms. The Bertz CT molecular complexity index is 1450. The van der Waals surface area contributed by atoms with Gasteiger partial charge < -0.3 is 14.8 Å². The van der Waals surface area contributed by atoms with Crippen LogP contribution < -0.4 is 15.6 Å². The van der Waals surface area contributed by atoms with Gasteiger partial charge in [-0.25, -0.2) is 4.79 Å². The molecule has 0 saturated heterocycles. The number of fused-ring (bicyclic) bond motifs is 1. The van der Waals surface area contributed by atoms with Crippen LogP contribution in [0, 0.1) is 0 Å². The monoisotopic (exact) mass is 497 g/mol. The molecular weight excluding hydrogens is 478 g/mol. The molecule has 1 N–H and O–H groups in total. The first-order chi connectivity index (χ1) is 16.4. The summed E-state index contributed by atoms with van der Waals surface area (Å²) in [4.78, 5) is 38.8. The van der Waals surface area contributed by atoms with Gasteiger partial charge in [0.25, 0.3) is 5.56 Å². The van der Waals surface area contributed by atoms with Crippen molar-refractivity contribution in [3.05, 3.63) is 80.5 Å². The number of ether oxygens (including phenoxy) is 2. The van der Waals surface area contributed by atoms with E-state index in [0.717, 1.165) is 21.6 Å². The summed E-state index contributed by atoms with van der Waals surface area (Å²) in [5, 5.41) is 9.87. The molecule has 4 rings (SSSR count). The number of nitrogens with one attached hydrogen (secondary N) is 1. The smallest absolute Gasteiger partial charge is 0.359 e. The van der Waals surface area contributed by atoms with Gasteiger partial charge in [-0.15, -0.1) is 11.3 Å². The summed E-state index contributed by atoms with van der Waals surface area (Å²) < 4.78 is 11.4. The Kier molecular flexibility index (Phi) is 6.95. The summed E-state index contributed by atoms with van der Waals surface area (Å²) in [6.07, 6.45) is 0.0783. The van der Waals surface area contributed by atoms with Crippen LogP contribution in [-0.2, 0) is 16.0 Å². The summed E-state index contributed by atoms with van der Waals surface area (Å²) in [6.45, 7) is 1.83. The minimum absolute atomic E-state index is 0.0269. The number of esters is 1. The Morgan fingerprint density at radius 2 is 1.97 bits per heavy atom. The molecule has 0 fully saturated rings. The van der Waals surface area contributed by atoms with E-state index in [2.05, 4.69) is 10.4 Å². The number of hydrogen-bond acceptors (Lipinski definition) is 7. The zero-order chi connectivity index (χ0) is 24.2. The lowest BCUT2D eigenvalue weighted by Crippen LogP contribution is -2.25. The molecule has 0 saturated carbocycles.